The first-order valence-corrected chi connectivity index (χ1v) is 7.75. The highest BCUT2D eigenvalue weighted by Gasteiger charge is 2.08. The van der Waals surface area contributed by atoms with Gasteiger partial charge in [-0.25, -0.2) is 0 Å². The van der Waals surface area contributed by atoms with Gasteiger partial charge in [0.2, 0.25) is 0 Å². The van der Waals surface area contributed by atoms with Gasteiger partial charge >= 0.3 is 5.97 Å². The summed E-state index contributed by atoms with van der Waals surface area (Å²) in [6, 6.07) is 0. The maximum absolute atomic E-state index is 10.5. The van der Waals surface area contributed by atoms with Crippen LogP contribution >= 0.6 is 0 Å². The van der Waals surface area contributed by atoms with E-state index in [-0.39, 0.29) is 12.1 Å². The molecule has 70 valence electrons. The number of ether oxygens (including phenoxy) is 1. The molecule has 0 aromatic heterocycles. The summed E-state index contributed by atoms with van der Waals surface area (Å²) in [5.74, 6) is -0.220. The van der Waals surface area contributed by atoms with Crippen LogP contribution in [0.1, 0.15) is 13.8 Å². The van der Waals surface area contributed by atoms with Gasteiger partial charge < -0.3 is 4.74 Å². The SMILES string of the molecule is CC(=O)O[C@@H](C)/C=C/[Si](C)(C)C. The molecule has 0 amide bonds. The summed E-state index contributed by atoms with van der Waals surface area (Å²) in [7, 11) is -1.14. The molecule has 0 N–H and O–H groups in total. The molecule has 0 aliphatic rings. The summed E-state index contributed by atoms with van der Waals surface area (Å²) >= 11 is 0. The summed E-state index contributed by atoms with van der Waals surface area (Å²) < 4.78 is 4.94. The lowest BCUT2D eigenvalue weighted by molar-refractivity contribution is -0.143. The van der Waals surface area contributed by atoms with E-state index in [1.165, 1.54) is 6.92 Å². The normalized spacial score (nSPS) is 14.8. The van der Waals surface area contributed by atoms with Crippen molar-refractivity contribution >= 4 is 14.0 Å². The monoisotopic (exact) mass is 186 g/mol. The van der Waals surface area contributed by atoms with Gasteiger partial charge in [0.05, 0.1) is 8.07 Å². The van der Waals surface area contributed by atoms with Gasteiger partial charge in [0.15, 0.2) is 0 Å². The molecule has 0 aromatic carbocycles. The number of esters is 1. The van der Waals surface area contributed by atoms with Crippen LogP contribution in [-0.4, -0.2) is 20.1 Å². The Labute approximate surface area is 75.6 Å². The highest BCUT2D eigenvalue weighted by Crippen LogP contribution is 2.04. The minimum absolute atomic E-state index is 0.0887. The smallest absolute Gasteiger partial charge is 0.303 e. The Hall–Kier alpha value is -0.573. The molecule has 3 heteroatoms. The number of rotatable bonds is 3. The molecule has 2 nitrogen and oxygen atoms in total. The highest BCUT2D eigenvalue weighted by atomic mass is 28.3. The Morgan fingerprint density at radius 3 is 2.25 bits per heavy atom. The van der Waals surface area contributed by atoms with Gasteiger partial charge in [0, 0.05) is 6.92 Å². The fraction of sp³-hybridized carbons (Fsp3) is 0.667. The summed E-state index contributed by atoms with van der Waals surface area (Å²) in [4.78, 5) is 10.5. The molecule has 0 fully saturated rings. The number of hydrogen-bond donors (Lipinski definition) is 0. The zero-order valence-corrected chi connectivity index (χ0v) is 9.55. The number of carbonyl (C=O) groups is 1. The van der Waals surface area contributed by atoms with Gasteiger partial charge in [0.25, 0.3) is 0 Å². The summed E-state index contributed by atoms with van der Waals surface area (Å²) in [5, 5.41) is 0. The molecule has 0 aromatic rings. The molecule has 0 aliphatic heterocycles. The molecule has 0 bridgehead atoms. The van der Waals surface area contributed by atoms with Crippen molar-refractivity contribution in [2.45, 2.75) is 39.6 Å². The van der Waals surface area contributed by atoms with Crippen LogP contribution in [0, 0.1) is 0 Å². The Kier molecular flexibility index (Phi) is 4.24. The van der Waals surface area contributed by atoms with Crippen molar-refractivity contribution in [3.05, 3.63) is 11.8 Å². The van der Waals surface area contributed by atoms with Crippen molar-refractivity contribution in [1.29, 1.82) is 0 Å². The lowest BCUT2D eigenvalue weighted by atomic mass is 10.4. The molecule has 0 spiro atoms. The van der Waals surface area contributed by atoms with E-state index in [1.54, 1.807) is 0 Å². The van der Waals surface area contributed by atoms with E-state index in [0.717, 1.165) is 0 Å². The molecule has 0 saturated heterocycles. The van der Waals surface area contributed by atoms with Crippen molar-refractivity contribution in [2.24, 2.45) is 0 Å². The minimum atomic E-state index is -1.14. The second kappa shape index (κ2) is 4.45. The summed E-state index contributed by atoms with van der Waals surface area (Å²) in [6.45, 7) is 10.0. The molecule has 0 radical (unpaired) electrons. The van der Waals surface area contributed by atoms with E-state index in [1.807, 2.05) is 13.0 Å². The predicted molar refractivity (Wildman–Crippen MR) is 53.7 cm³/mol. The van der Waals surface area contributed by atoms with Crippen LogP contribution in [0.2, 0.25) is 19.6 Å². The third-order valence-corrected chi connectivity index (χ3v) is 2.41. The van der Waals surface area contributed by atoms with E-state index in [9.17, 15) is 4.79 Å². The molecule has 0 saturated carbocycles. The van der Waals surface area contributed by atoms with E-state index < -0.39 is 8.07 Å². The zero-order chi connectivity index (χ0) is 9.78. The number of hydrogen-bond acceptors (Lipinski definition) is 2. The van der Waals surface area contributed by atoms with Gasteiger partial charge in [-0.15, -0.1) is 0 Å². The molecule has 0 rings (SSSR count). The quantitative estimate of drug-likeness (QED) is 0.499. The second-order valence-corrected chi connectivity index (χ2v) is 9.11. The van der Waals surface area contributed by atoms with E-state index >= 15 is 0 Å². The maximum Gasteiger partial charge on any atom is 0.303 e. The Morgan fingerprint density at radius 1 is 1.42 bits per heavy atom. The third-order valence-electron chi connectivity index (χ3n) is 1.22. The van der Waals surface area contributed by atoms with Crippen LogP contribution in [-0.2, 0) is 9.53 Å². The molecular weight excluding hydrogens is 168 g/mol. The first kappa shape index (κ1) is 11.4. The van der Waals surface area contributed by atoms with Crippen molar-refractivity contribution in [2.75, 3.05) is 0 Å². The van der Waals surface area contributed by atoms with Gasteiger partial charge in [-0.3, -0.25) is 4.79 Å². The van der Waals surface area contributed by atoms with E-state index in [0.29, 0.717) is 0 Å². The number of carbonyl (C=O) groups excluding carboxylic acids is 1. The summed E-state index contributed by atoms with van der Waals surface area (Å²) in [5.41, 5.74) is 2.18. The third kappa shape index (κ3) is 7.53. The van der Waals surface area contributed by atoms with Crippen molar-refractivity contribution in [1.82, 2.24) is 0 Å². The Morgan fingerprint density at radius 2 is 1.92 bits per heavy atom. The van der Waals surface area contributed by atoms with Crippen molar-refractivity contribution in [3.63, 3.8) is 0 Å². The molecule has 0 unspecified atom stereocenters. The lowest BCUT2D eigenvalue weighted by Gasteiger charge is -2.11. The predicted octanol–water partition coefficient (Wildman–Crippen LogP) is 2.37. The molecule has 1 atom stereocenters. The van der Waals surface area contributed by atoms with Gasteiger partial charge in [-0.1, -0.05) is 31.4 Å². The average molecular weight is 186 g/mol. The van der Waals surface area contributed by atoms with Gasteiger partial charge in [-0.2, -0.15) is 0 Å². The Balaban J connectivity index is 3.91. The van der Waals surface area contributed by atoms with Crippen molar-refractivity contribution in [3.8, 4) is 0 Å². The fourth-order valence-corrected chi connectivity index (χ4v) is 1.57. The molecule has 0 heterocycles. The lowest BCUT2D eigenvalue weighted by Crippen LogP contribution is -2.18. The van der Waals surface area contributed by atoms with Crippen molar-refractivity contribution < 1.29 is 9.53 Å². The van der Waals surface area contributed by atoms with E-state index in [4.69, 9.17) is 4.74 Å². The molecule has 0 aliphatic carbocycles. The average Bonchev–Trinajstić information content (AvgIpc) is 1.80. The van der Waals surface area contributed by atoms with Crippen LogP contribution in [0.3, 0.4) is 0 Å². The summed E-state index contributed by atoms with van der Waals surface area (Å²) in [6.07, 6.45) is 1.88. The molecular formula is C9H18O2Si. The van der Waals surface area contributed by atoms with Crippen LogP contribution in [0.5, 0.6) is 0 Å². The van der Waals surface area contributed by atoms with Gasteiger partial charge in [0.1, 0.15) is 6.10 Å². The van der Waals surface area contributed by atoms with Crippen LogP contribution in [0.15, 0.2) is 11.8 Å². The fourth-order valence-electron chi connectivity index (χ4n) is 0.725. The second-order valence-electron chi connectivity index (χ2n) is 4.04. The molecule has 12 heavy (non-hydrogen) atoms. The van der Waals surface area contributed by atoms with Crippen LogP contribution < -0.4 is 0 Å². The first-order valence-electron chi connectivity index (χ1n) is 4.18. The highest BCUT2D eigenvalue weighted by molar-refractivity contribution is 6.80. The van der Waals surface area contributed by atoms with Crippen LogP contribution in [0.25, 0.3) is 0 Å². The first-order chi connectivity index (χ1) is 5.31. The topological polar surface area (TPSA) is 26.3 Å². The largest absolute Gasteiger partial charge is 0.459 e. The Bertz CT molecular complexity index is 179. The minimum Gasteiger partial charge on any atom is -0.459 e. The van der Waals surface area contributed by atoms with Gasteiger partial charge in [-0.05, 0) is 6.92 Å². The van der Waals surface area contributed by atoms with Crippen LogP contribution in [0.4, 0.5) is 0 Å². The maximum atomic E-state index is 10.5. The zero-order valence-electron chi connectivity index (χ0n) is 8.55. The standard InChI is InChI=1S/C9H18O2Si/c1-8(11-9(2)10)6-7-12(3,4)5/h6-8H,1-5H3/b7-6+/t8-/m0/s1. The van der Waals surface area contributed by atoms with E-state index in [2.05, 4.69) is 25.3 Å².